The maximum Gasteiger partial charge on any atom is 0.318 e. The lowest BCUT2D eigenvalue weighted by molar-refractivity contribution is -0.138. The van der Waals surface area contributed by atoms with Crippen LogP contribution in [0.5, 0.6) is 0 Å². The van der Waals surface area contributed by atoms with Gasteiger partial charge in [-0.2, -0.15) is 0 Å². The highest BCUT2D eigenvalue weighted by molar-refractivity contribution is 5.75. The summed E-state index contributed by atoms with van der Waals surface area (Å²) in [6.07, 6.45) is -0.185. The van der Waals surface area contributed by atoms with Crippen molar-refractivity contribution < 1.29 is 19.4 Å². The van der Waals surface area contributed by atoms with Crippen molar-refractivity contribution >= 4 is 12.0 Å². The molecule has 26 heavy (non-hydrogen) atoms. The predicted molar refractivity (Wildman–Crippen MR) is 99.3 cm³/mol. The fourth-order valence-corrected chi connectivity index (χ4v) is 3.25. The van der Waals surface area contributed by atoms with E-state index in [0.29, 0.717) is 26.2 Å². The van der Waals surface area contributed by atoms with Crippen molar-refractivity contribution in [2.24, 2.45) is 0 Å². The lowest BCUT2D eigenvalue weighted by atomic mass is 9.98. The number of aryl methyl sites for hydroxylation is 1. The largest absolute Gasteiger partial charge is 0.480 e. The maximum absolute atomic E-state index is 12.6. The quantitative estimate of drug-likeness (QED) is 0.805. The van der Waals surface area contributed by atoms with Gasteiger partial charge < -0.3 is 20.1 Å². The number of carboxylic acid groups (broad SMARTS) is 1. The first-order chi connectivity index (χ1) is 12.3. The van der Waals surface area contributed by atoms with Crippen LogP contribution in [0, 0.1) is 13.8 Å². The minimum atomic E-state index is -0.875. The van der Waals surface area contributed by atoms with Gasteiger partial charge in [0.15, 0.2) is 0 Å². The molecule has 0 radical (unpaired) electrons. The van der Waals surface area contributed by atoms with E-state index in [9.17, 15) is 9.59 Å². The summed E-state index contributed by atoms with van der Waals surface area (Å²) in [6.45, 7) is 7.98. The van der Waals surface area contributed by atoms with Crippen LogP contribution in [0.15, 0.2) is 18.2 Å². The van der Waals surface area contributed by atoms with Gasteiger partial charge in [-0.1, -0.05) is 18.2 Å². The van der Waals surface area contributed by atoms with Gasteiger partial charge in [0.05, 0.1) is 25.3 Å². The average molecular weight is 363 g/mol. The second kappa shape index (κ2) is 9.00. The molecule has 144 valence electrons. The van der Waals surface area contributed by atoms with Crippen LogP contribution in [0.2, 0.25) is 0 Å². The molecule has 1 aliphatic rings. The van der Waals surface area contributed by atoms with Crippen LogP contribution in [-0.4, -0.2) is 72.8 Å². The van der Waals surface area contributed by atoms with Gasteiger partial charge in [-0.25, -0.2) is 4.79 Å². The molecule has 2 atom stereocenters. The second-order valence-electron chi connectivity index (χ2n) is 6.99. The number of hydrogen-bond donors (Lipinski definition) is 2. The number of likely N-dealkylation sites (N-methyl/N-ethyl adjacent to an activating group) is 1. The third-order valence-electron chi connectivity index (χ3n) is 4.80. The summed E-state index contributed by atoms with van der Waals surface area (Å²) >= 11 is 0. The zero-order valence-corrected chi connectivity index (χ0v) is 16.0. The molecule has 2 N–H and O–H groups in total. The number of carboxylic acids is 1. The van der Waals surface area contributed by atoms with Crippen molar-refractivity contribution in [3.63, 3.8) is 0 Å². The van der Waals surface area contributed by atoms with E-state index in [-0.39, 0.29) is 24.7 Å². The first-order valence-corrected chi connectivity index (χ1v) is 8.91. The molecule has 0 aliphatic carbocycles. The summed E-state index contributed by atoms with van der Waals surface area (Å²) in [7, 11) is 1.74. The van der Waals surface area contributed by atoms with Gasteiger partial charge >= 0.3 is 12.0 Å². The lowest BCUT2D eigenvalue weighted by Gasteiger charge is -2.35. The van der Waals surface area contributed by atoms with Gasteiger partial charge in [-0.15, -0.1) is 0 Å². The Labute approximate surface area is 154 Å². The number of nitrogens with one attached hydrogen (secondary N) is 1. The van der Waals surface area contributed by atoms with Crippen molar-refractivity contribution in [1.82, 2.24) is 15.1 Å². The average Bonchev–Trinajstić information content (AvgIpc) is 2.56. The Hall–Kier alpha value is -2.12. The zero-order valence-electron chi connectivity index (χ0n) is 16.0. The van der Waals surface area contributed by atoms with Crippen molar-refractivity contribution in [3.05, 3.63) is 34.9 Å². The number of benzene rings is 1. The van der Waals surface area contributed by atoms with E-state index >= 15 is 0 Å². The molecule has 2 unspecified atom stereocenters. The standard InChI is InChI=1S/C19H29N3O4/c1-13-6-5-7-17(14(13)2)15(3)20-19(25)22-8-9-26-16(11-22)10-21(4)12-18(23)24/h5-7,15-16H,8-12H2,1-4H3,(H,20,25)(H,23,24). The van der Waals surface area contributed by atoms with Crippen molar-refractivity contribution in [2.45, 2.75) is 32.9 Å². The van der Waals surface area contributed by atoms with Crippen molar-refractivity contribution in [1.29, 1.82) is 0 Å². The molecule has 1 aromatic rings. The second-order valence-corrected chi connectivity index (χ2v) is 6.99. The third kappa shape index (κ3) is 5.44. The lowest BCUT2D eigenvalue weighted by Crippen LogP contribution is -2.52. The molecule has 7 heteroatoms. The zero-order chi connectivity index (χ0) is 19.3. The maximum atomic E-state index is 12.6. The number of carbonyl (C=O) groups is 2. The molecule has 7 nitrogen and oxygen atoms in total. The Morgan fingerprint density at radius 3 is 2.85 bits per heavy atom. The van der Waals surface area contributed by atoms with E-state index in [1.807, 2.05) is 19.1 Å². The highest BCUT2D eigenvalue weighted by atomic mass is 16.5. The molecule has 1 saturated heterocycles. The summed E-state index contributed by atoms with van der Waals surface area (Å²) < 4.78 is 5.68. The summed E-state index contributed by atoms with van der Waals surface area (Å²) in [5.41, 5.74) is 3.51. The van der Waals surface area contributed by atoms with Gasteiger partial charge in [0.1, 0.15) is 0 Å². The van der Waals surface area contributed by atoms with Crippen LogP contribution >= 0.6 is 0 Å². The fourth-order valence-electron chi connectivity index (χ4n) is 3.25. The Balaban J connectivity index is 1.92. The Morgan fingerprint density at radius 1 is 1.42 bits per heavy atom. The van der Waals surface area contributed by atoms with Crippen LogP contribution < -0.4 is 5.32 Å². The molecule has 1 fully saturated rings. The number of urea groups is 1. The number of amides is 2. The topological polar surface area (TPSA) is 82.1 Å². The number of ether oxygens (including phenoxy) is 1. The Morgan fingerprint density at radius 2 is 2.15 bits per heavy atom. The highest BCUT2D eigenvalue weighted by Crippen LogP contribution is 2.20. The summed E-state index contributed by atoms with van der Waals surface area (Å²) in [6, 6.07) is 5.90. The normalized spacial score (nSPS) is 18.7. The van der Waals surface area contributed by atoms with Crippen LogP contribution in [0.4, 0.5) is 4.79 Å². The number of hydrogen-bond acceptors (Lipinski definition) is 4. The number of aliphatic carboxylic acids is 1. The van der Waals surface area contributed by atoms with E-state index in [4.69, 9.17) is 9.84 Å². The van der Waals surface area contributed by atoms with Crippen LogP contribution in [0.25, 0.3) is 0 Å². The van der Waals surface area contributed by atoms with Crippen LogP contribution in [0.3, 0.4) is 0 Å². The Kier molecular flexibility index (Phi) is 6.99. The van der Waals surface area contributed by atoms with Gasteiger partial charge in [0.25, 0.3) is 0 Å². The first-order valence-electron chi connectivity index (χ1n) is 8.91. The van der Waals surface area contributed by atoms with Crippen molar-refractivity contribution in [2.75, 3.05) is 39.8 Å². The third-order valence-corrected chi connectivity index (χ3v) is 4.80. The molecular weight excluding hydrogens is 334 g/mol. The van der Waals surface area contributed by atoms with Gasteiger partial charge in [0.2, 0.25) is 0 Å². The molecule has 0 aromatic heterocycles. The fraction of sp³-hybridized carbons (Fsp3) is 0.579. The number of morpholine rings is 1. The van der Waals surface area contributed by atoms with Crippen molar-refractivity contribution in [3.8, 4) is 0 Å². The molecule has 2 amide bonds. The minimum absolute atomic E-state index is 0.0459. The monoisotopic (exact) mass is 363 g/mol. The molecular formula is C19H29N3O4. The smallest absolute Gasteiger partial charge is 0.318 e. The predicted octanol–water partition coefficient (Wildman–Crippen LogP) is 1.79. The first kappa shape index (κ1) is 20.2. The SMILES string of the molecule is Cc1cccc(C(C)NC(=O)N2CCOC(CN(C)CC(=O)O)C2)c1C. The minimum Gasteiger partial charge on any atom is -0.480 e. The van der Waals surface area contributed by atoms with Gasteiger partial charge in [0, 0.05) is 19.6 Å². The number of rotatable bonds is 6. The van der Waals surface area contributed by atoms with Gasteiger partial charge in [-0.3, -0.25) is 9.69 Å². The summed E-state index contributed by atoms with van der Waals surface area (Å²) in [5.74, 6) is -0.875. The Bertz CT molecular complexity index is 650. The van der Waals surface area contributed by atoms with Crippen LogP contribution in [-0.2, 0) is 9.53 Å². The van der Waals surface area contributed by atoms with E-state index in [1.165, 1.54) is 11.1 Å². The van der Waals surface area contributed by atoms with Crippen LogP contribution in [0.1, 0.15) is 29.7 Å². The van der Waals surface area contributed by atoms with E-state index in [2.05, 4.69) is 25.2 Å². The van der Waals surface area contributed by atoms with Gasteiger partial charge in [-0.05, 0) is 44.5 Å². The number of nitrogens with zero attached hydrogens (tertiary/aromatic N) is 2. The van der Waals surface area contributed by atoms with E-state index in [1.54, 1.807) is 16.8 Å². The molecule has 0 spiro atoms. The molecule has 1 aliphatic heterocycles. The summed E-state index contributed by atoms with van der Waals surface area (Å²) in [4.78, 5) is 26.8. The van der Waals surface area contributed by atoms with E-state index < -0.39 is 5.97 Å². The molecule has 1 aromatic carbocycles. The molecule has 0 saturated carbocycles. The molecule has 2 rings (SSSR count). The molecule has 0 bridgehead atoms. The highest BCUT2D eigenvalue weighted by Gasteiger charge is 2.26. The molecule has 1 heterocycles. The summed E-state index contributed by atoms with van der Waals surface area (Å²) in [5, 5.41) is 11.9. The van der Waals surface area contributed by atoms with E-state index in [0.717, 1.165) is 5.56 Å². The number of carbonyl (C=O) groups excluding carboxylic acids is 1.